The van der Waals surface area contributed by atoms with E-state index in [2.05, 4.69) is 5.32 Å². The summed E-state index contributed by atoms with van der Waals surface area (Å²) in [6.07, 6.45) is -0.106. The van der Waals surface area contributed by atoms with Crippen molar-refractivity contribution in [2.45, 2.75) is 17.9 Å². The zero-order valence-corrected chi connectivity index (χ0v) is 15.5. The molecule has 2 aromatic rings. The van der Waals surface area contributed by atoms with E-state index in [1.807, 2.05) is 0 Å². The summed E-state index contributed by atoms with van der Waals surface area (Å²) in [4.78, 5) is 12.3. The van der Waals surface area contributed by atoms with Crippen LogP contribution in [-0.2, 0) is 32.5 Å². The quantitative estimate of drug-likeness (QED) is 0.812. The van der Waals surface area contributed by atoms with Gasteiger partial charge in [0.05, 0.1) is 24.5 Å². The second kappa shape index (κ2) is 8.60. The number of morpholine rings is 1. The summed E-state index contributed by atoms with van der Waals surface area (Å²) in [5.74, 6) is -0.818. The molecule has 1 fully saturated rings. The number of hydrogen-bond acceptors (Lipinski definition) is 4. The van der Waals surface area contributed by atoms with E-state index in [0.29, 0.717) is 37.4 Å². The second-order valence-corrected chi connectivity index (χ2v) is 8.08. The molecule has 0 atom stereocenters. The molecule has 1 heterocycles. The SMILES string of the molecule is O=C(Cc1ccccc1F)NCc1ccccc1S(=O)(=O)N1CCOCC1. The van der Waals surface area contributed by atoms with Crippen LogP contribution in [0, 0.1) is 5.82 Å². The van der Waals surface area contributed by atoms with E-state index in [4.69, 9.17) is 4.74 Å². The standard InChI is InChI=1S/C19H21FN2O4S/c20-17-7-3-1-5-15(17)13-19(23)21-14-16-6-2-4-8-18(16)27(24,25)22-9-11-26-12-10-22/h1-8H,9-14H2,(H,21,23). The van der Waals surface area contributed by atoms with Gasteiger partial charge in [0.2, 0.25) is 15.9 Å². The summed E-state index contributed by atoms with van der Waals surface area (Å²) >= 11 is 0. The van der Waals surface area contributed by atoms with Gasteiger partial charge in [0, 0.05) is 19.6 Å². The topological polar surface area (TPSA) is 75.7 Å². The van der Waals surface area contributed by atoms with Gasteiger partial charge in [0.1, 0.15) is 5.82 Å². The maximum atomic E-state index is 13.7. The van der Waals surface area contributed by atoms with Crippen molar-refractivity contribution in [2.24, 2.45) is 0 Å². The van der Waals surface area contributed by atoms with Crippen LogP contribution in [0.1, 0.15) is 11.1 Å². The van der Waals surface area contributed by atoms with E-state index in [0.717, 1.165) is 0 Å². The maximum Gasteiger partial charge on any atom is 0.243 e. The molecular weight excluding hydrogens is 371 g/mol. The monoisotopic (exact) mass is 392 g/mol. The lowest BCUT2D eigenvalue weighted by molar-refractivity contribution is -0.120. The number of hydrogen-bond donors (Lipinski definition) is 1. The molecular formula is C19H21FN2O4S. The molecule has 0 spiro atoms. The summed E-state index contributed by atoms with van der Waals surface area (Å²) in [6.45, 7) is 1.38. The van der Waals surface area contributed by atoms with E-state index < -0.39 is 15.8 Å². The number of ether oxygens (including phenoxy) is 1. The van der Waals surface area contributed by atoms with Crippen LogP contribution in [0.5, 0.6) is 0 Å². The highest BCUT2D eigenvalue weighted by atomic mass is 32.2. The molecule has 0 unspecified atom stereocenters. The second-order valence-electron chi connectivity index (χ2n) is 6.17. The van der Waals surface area contributed by atoms with Crippen molar-refractivity contribution in [1.29, 1.82) is 0 Å². The highest BCUT2D eigenvalue weighted by molar-refractivity contribution is 7.89. The van der Waals surface area contributed by atoms with Gasteiger partial charge in [-0.2, -0.15) is 4.31 Å². The van der Waals surface area contributed by atoms with Gasteiger partial charge in [-0.05, 0) is 23.3 Å². The fraction of sp³-hybridized carbons (Fsp3) is 0.316. The number of benzene rings is 2. The Morgan fingerprint density at radius 1 is 1.04 bits per heavy atom. The Morgan fingerprint density at radius 3 is 2.37 bits per heavy atom. The van der Waals surface area contributed by atoms with Gasteiger partial charge in [-0.1, -0.05) is 36.4 Å². The van der Waals surface area contributed by atoms with Crippen molar-refractivity contribution in [1.82, 2.24) is 9.62 Å². The van der Waals surface area contributed by atoms with Crippen LogP contribution in [0.2, 0.25) is 0 Å². The molecule has 1 aliphatic rings. The molecule has 0 aromatic heterocycles. The zero-order valence-electron chi connectivity index (χ0n) is 14.7. The van der Waals surface area contributed by atoms with Gasteiger partial charge in [0.15, 0.2) is 0 Å². The summed E-state index contributed by atoms with van der Waals surface area (Å²) < 4.78 is 46.1. The smallest absolute Gasteiger partial charge is 0.243 e. The Hall–Kier alpha value is -2.29. The van der Waals surface area contributed by atoms with Gasteiger partial charge in [0.25, 0.3) is 0 Å². The average Bonchev–Trinajstić information content (AvgIpc) is 2.69. The fourth-order valence-corrected chi connectivity index (χ4v) is 4.53. The zero-order chi connectivity index (χ0) is 19.3. The highest BCUT2D eigenvalue weighted by Crippen LogP contribution is 2.21. The van der Waals surface area contributed by atoms with Crippen molar-refractivity contribution >= 4 is 15.9 Å². The van der Waals surface area contributed by atoms with Crippen molar-refractivity contribution in [3.8, 4) is 0 Å². The van der Waals surface area contributed by atoms with Crippen LogP contribution in [0.15, 0.2) is 53.4 Å². The molecule has 1 aliphatic heterocycles. The lowest BCUT2D eigenvalue weighted by atomic mass is 10.1. The first kappa shape index (κ1) is 19.5. The minimum absolute atomic E-state index is 0.0486. The highest BCUT2D eigenvalue weighted by Gasteiger charge is 2.28. The first-order valence-corrected chi connectivity index (χ1v) is 10.1. The molecule has 1 N–H and O–H groups in total. The normalized spacial score (nSPS) is 15.4. The molecule has 144 valence electrons. The van der Waals surface area contributed by atoms with Crippen LogP contribution < -0.4 is 5.32 Å². The Kier molecular flexibility index (Phi) is 6.20. The molecule has 0 aliphatic carbocycles. The number of nitrogens with one attached hydrogen (secondary N) is 1. The summed E-state index contributed by atoms with van der Waals surface area (Å²) in [6, 6.07) is 12.6. The number of nitrogens with zero attached hydrogens (tertiary/aromatic N) is 1. The van der Waals surface area contributed by atoms with Crippen LogP contribution in [0.25, 0.3) is 0 Å². The summed E-state index contributed by atoms with van der Waals surface area (Å²) in [5, 5.41) is 2.68. The predicted octanol–water partition coefficient (Wildman–Crippen LogP) is 1.71. The van der Waals surface area contributed by atoms with E-state index >= 15 is 0 Å². The number of amides is 1. The first-order chi connectivity index (χ1) is 13.0. The van der Waals surface area contributed by atoms with Gasteiger partial charge < -0.3 is 10.1 Å². The van der Waals surface area contributed by atoms with Gasteiger partial charge in [-0.3, -0.25) is 4.79 Å². The molecule has 1 saturated heterocycles. The minimum atomic E-state index is -3.66. The van der Waals surface area contributed by atoms with Crippen LogP contribution in [-0.4, -0.2) is 44.9 Å². The van der Waals surface area contributed by atoms with Gasteiger partial charge >= 0.3 is 0 Å². The third kappa shape index (κ3) is 4.71. The number of carbonyl (C=O) groups excluding carboxylic acids is 1. The number of sulfonamides is 1. The van der Waals surface area contributed by atoms with E-state index in [1.165, 1.54) is 16.4 Å². The predicted molar refractivity (Wildman–Crippen MR) is 98.0 cm³/mol. The Bertz CT molecular complexity index is 911. The van der Waals surface area contributed by atoms with Crippen LogP contribution in [0.4, 0.5) is 4.39 Å². The molecule has 1 amide bonds. The fourth-order valence-electron chi connectivity index (χ4n) is 2.90. The third-order valence-corrected chi connectivity index (χ3v) is 6.34. The lowest BCUT2D eigenvalue weighted by Gasteiger charge is -2.27. The van der Waals surface area contributed by atoms with Crippen LogP contribution in [0.3, 0.4) is 0 Å². The van der Waals surface area contributed by atoms with Gasteiger partial charge in [-0.25, -0.2) is 12.8 Å². The van der Waals surface area contributed by atoms with Crippen LogP contribution >= 0.6 is 0 Å². The molecule has 8 heteroatoms. The Labute approximate surface area is 158 Å². The molecule has 2 aromatic carbocycles. The Balaban J connectivity index is 1.71. The number of rotatable bonds is 6. The molecule has 0 bridgehead atoms. The number of halogens is 1. The van der Waals surface area contributed by atoms with E-state index in [9.17, 15) is 17.6 Å². The third-order valence-electron chi connectivity index (χ3n) is 4.35. The number of carbonyl (C=O) groups is 1. The summed E-state index contributed by atoms with van der Waals surface area (Å²) in [7, 11) is -3.66. The molecule has 3 rings (SSSR count). The van der Waals surface area contributed by atoms with E-state index in [-0.39, 0.29) is 23.8 Å². The molecule has 0 saturated carbocycles. The lowest BCUT2D eigenvalue weighted by Crippen LogP contribution is -2.41. The average molecular weight is 392 g/mol. The van der Waals surface area contributed by atoms with Gasteiger partial charge in [-0.15, -0.1) is 0 Å². The van der Waals surface area contributed by atoms with E-state index in [1.54, 1.807) is 36.4 Å². The first-order valence-electron chi connectivity index (χ1n) is 8.64. The summed E-state index contributed by atoms with van der Waals surface area (Å²) in [5.41, 5.74) is 0.787. The Morgan fingerprint density at radius 2 is 1.67 bits per heavy atom. The molecule has 0 radical (unpaired) electrons. The largest absolute Gasteiger partial charge is 0.379 e. The van der Waals surface area contributed by atoms with Crippen molar-refractivity contribution < 1.29 is 22.3 Å². The van der Waals surface area contributed by atoms with Crippen molar-refractivity contribution in [3.05, 3.63) is 65.5 Å². The van der Waals surface area contributed by atoms with Crippen molar-refractivity contribution in [2.75, 3.05) is 26.3 Å². The molecule has 6 nitrogen and oxygen atoms in total. The molecule has 27 heavy (non-hydrogen) atoms. The van der Waals surface area contributed by atoms with Crippen molar-refractivity contribution in [3.63, 3.8) is 0 Å². The minimum Gasteiger partial charge on any atom is -0.379 e. The maximum absolute atomic E-state index is 13.7.